The maximum Gasteiger partial charge on any atom is 0.226 e. The van der Waals surface area contributed by atoms with Gasteiger partial charge in [-0.2, -0.15) is 5.10 Å². The summed E-state index contributed by atoms with van der Waals surface area (Å²) >= 11 is 0. The number of rotatable bonds is 5. The molecule has 1 unspecified atom stereocenters. The minimum atomic E-state index is 0.285. The third-order valence-corrected chi connectivity index (χ3v) is 5.01. The molecule has 2 aliphatic rings. The molecule has 1 atom stereocenters. The molecule has 1 aliphatic carbocycles. The number of carbonyl (C=O) groups is 1. The lowest BCUT2D eigenvalue weighted by molar-refractivity contribution is -0.140. The number of amides is 1. The molecule has 116 valence electrons. The number of aromatic nitrogens is 2. The van der Waals surface area contributed by atoms with Crippen LogP contribution < -0.4 is 0 Å². The van der Waals surface area contributed by atoms with Crippen LogP contribution in [0.2, 0.25) is 0 Å². The lowest BCUT2D eigenvalue weighted by atomic mass is 9.84. The lowest BCUT2D eigenvalue weighted by Gasteiger charge is -2.39. The highest BCUT2D eigenvalue weighted by atomic mass is 16.2. The van der Waals surface area contributed by atoms with E-state index in [-0.39, 0.29) is 12.0 Å². The molecule has 3 rings (SSSR count). The molecule has 0 aromatic carbocycles. The SMILES string of the molecule is CCN(CC)CC1CN(C(=O)C2CCC2)Cc2ccnn21. The average molecular weight is 290 g/mol. The zero-order chi connectivity index (χ0) is 14.8. The summed E-state index contributed by atoms with van der Waals surface area (Å²) < 4.78 is 2.13. The Labute approximate surface area is 126 Å². The normalized spacial score (nSPS) is 22.2. The number of hydrogen-bond acceptors (Lipinski definition) is 3. The molecule has 1 aliphatic heterocycles. The molecular formula is C16H26N4O. The largest absolute Gasteiger partial charge is 0.334 e. The molecule has 21 heavy (non-hydrogen) atoms. The average Bonchev–Trinajstić information content (AvgIpc) is 2.90. The summed E-state index contributed by atoms with van der Waals surface area (Å²) in [5.74, 6) is 0.645. The van der Waals surface area contributed by atoms with E-state index in [0.717, 1.165) is 45.6 Å². The predicted octanol–water partition coefficient (Wildman–Crippen LogP) is 1.91. The van der Waals surface area contributed by atoms with Gasteiger partial charge >= 0.3 is 0 Å². The minimum Gasteiger partial charge on any atom is -0.334 e. The van der Waals surface area contributed by atoms with Gasteiger partial charge in [0.15, 0.2) is 0 Å². The fourth-order valence-corrected chi connectivity index (χ4v) is 3.38. The van der Waals surface area contributed by atoms with Crippen LogP contribution in [-0.4, -0.2) is 51.7 Å². The standard InChI is InChI=1S/C16H26N4O/c1-3-18(4-2)10-15-12-19(16(21)13-6-5-7-13)11-14-8-9-17-20(14)15/h8-9,13,15H,3-7,10-12H2,1-2H3. The Balaban J connectivity index is 1.74. The van der Waals surface area contributed by atoms with E-state index in [4.69, 9.17) is 0 Å². The quantitative estimate of drug-likeness (QED) is 0.832. The van der Waals surface area contributed by atoms with E-state index >= 15 is 0 Å². The summed E-state index contributed by atoms with van der Waals surface area (Å²) in [6.45, 7) is 8.96. The van der Waals surface area contributed by atoms with Crippen molar-refractivity contribution in [3.05, 3.63) is 18.0 Å². The summed E-state index contributed by atoms with van der Waals surface area (Å²) in [7, 11) is 0. The highest BCUT2D eigenvalue weighted by Crippen LogP contribution is 2.31. The molecule has 0 spiro atoms. The summed E-state index contributed by atoms with van der Waals surface area (Å²) in [6, 6.07) is 2.34. The summed E-state index contributed by atoms with van der Waals surface area (Å²) in [5, 5.41) is 4.48. The Morgan fingerprint density at radius 2 is 2.14 bits per heavy atom. The molecule has 1 amide bonds. The molecule has 1 fully saturated rings. The van der Waals surface area contributed by atoms with Crippen molar-refractivity contribution < 1.29 is 4.79 Å². The Bertz CT molecular complexity index is 490. The van der Waals surface area contributed by atoms with Crippen molar-refractivity contribution in [2.24, 2.45) is 5.92 Å². The fourth-order valence-electron chi connectivity index (χ4n) is 3.38. The van der Waals surface area contributed by atoms with Crippen LogP contribution in [0, 0.1) is 5.92 Å². The van der Waals surface area contributed by atoms with E-state index in [1.807, 2.05) is 6.20 Å². The second kappa shape index (κ2) is 6.18. The third kappa shape index (κ3) is 2.84. The van der Waals surface area contributed by atoms with Crippen molar-refractivity contribution >= 4 is 5.91 Å². The van der Waals surface area contributed by atoms with Gasteiger partial charge in [0.1, 0.15) is 0 Å². The van der Waals surface area contributed by atoms with Crippen LogP contribution in [0.15, 0.2) is 12.3 Å². The van der Waals surface area contributed by atoms with Crippen molar-refractivity contribution in [3.8, 4) is 0 Å². The van der Waals surface area contributed by atoms with Gasteiger partial charge in [0.2, 0.25) is 5.91 Å². The molecule has 0 bridgehead atoms. The summed E-state index contributed by atoms with van der Waals surface area (Å²) in [5.41, 5.74) is 1.17. The summed E-state index contributed by atoms with van der Waals surface area (Å²) in [4.78, 5) is 17.0. The maximum atomic E-state index is 12.6. The van der Waals surface area contributed by atoms with Gasteiger partial charge in [-0.15, -0.1) is 0 Å². The monoisotopic (exact) mass is 290 g/mol. The van der Waals surface area contributed by atoms with Crippen molar-refractivity contribution in [3.63, 3.8) is 0 Å². The van der Waals surface area contributed by atoms with Crippen molar-refractivity contribution in [2.75, 3.05) is 26.2 Å². The topological polar surface area (TPSA) is 41.4 Å². The highest BCUT2D eigenvalue weighted by Gasteiger charge is 2.34. The first-order chi connectivity index (χ1) is 10.2. The van der Waals surface area contributed by atoms with Crippen LogP contribution in [0.4, 0.5) is 0 Å². The van der Waals surface area contributed by atoms with E-state index in [2.05, 4.69) is 39.5 Å². The first kappa shape index (κ1) is 14.6. The second-order valence-electron chi connectivity index (χ2n) is 6.25. The van der Waals surface area contributed by atoms with Crippen LogP contribution >= 0.6 is 0 Å². The molecule has 5 heteroatoms. The maximum absolute atomic E-state index is 12.6. The Morgan fingerprint density at radius 1 is 1.38 bits per heavy atom. The Morgan fingerprint density at radius 3 is 2.76 bits per heavy atom. The second-order valence-corrected chi connectivity index (χ2v) is 6.25. The van der Waals surface area contributed by atoms with Crippen molar-refractivity contribution in [1.82, 2.24) is 19.6 Å². The predicted molar refractivity (Wildman–Crippen MR) is 81.8 cm³/mol. The van der Waals surface area contributed by atoms with Crippen LogP contribution in [-0.2, 0) is 11.3 Å². The highest BCUT2D eigenvalue weighted by molar-refractivity contribution is 5.79. The first-order valence-corrected chi connectivity index (χ1v) is 8.26. The molecule has 0 N–H and O–H groups in total. The van der Waals surface area contributed by atoms with Gasteiger partial charge in [0.05, 0.1) is 18.3 Å². The van der Waals surface area contributed by atoms with Gasteiger partial charge in [-0.3, -0.25) is 9.48 Å². The smallest absolute Gasteiger partial charge is 0.226 e. The summed E-state index contributed by atoms with van der Waals surface area (Å²) in [6.07, 6.45) is 5.23. The molecule has 2 heterocycles. The minimum absolute atomic E-state index is 0.285. The van der Waals surface area contributed by atoms with Gasteiger partial charge in [-0.25, -0.2) is 0 Å². The zero-order valence-electron chi connectivity index (χ0n) is 13.2. The van der Waals surface area contributed by atoms with E-state index in [1.165, 1.54) is 12.1 Å². The third-order valence-electron chi connectivity index (χ3n) is 5.01. The number of nitrogens with zero attached hydrogens (tertiary/aromatic N) is 4. The van der Waals surface area contributed by atoms with Crippen molar-refractivity contribution in [1.29, 1.82) is 0 Å². The molecule has 5 nitrogen and oxygen atoms in total. The zero-order valence-corrected chi connectivity index (χ0v) is 13.2. The molecule has 1 saturated carbocycles. The van der Waals surface area contributed by atoms with Crippen LogP contribution in [0.3, 0.4) is 0 Å². The van der Waals surface area contributed by atoms with Gasteiger partial charge < -0.3 is 9.80 Å². The van der Waals surface area contributed by atoms with Gasteiger partial charge in [0, 0.05) is 25.2 Å². The fraction of sp³-hybridized carbons (Fsp3) is 0.750. The van der Waals surface area contributed by atoms with Gasteiger partial charge in [0.25, 0.3) is 0 Å². The van der Waals surface area contributed by atoms with E-state index in [0.29, 0.717) is 5.91 Å². The van der Waals surface area contributed by atoms with Crippen LogP contribution in [0.25, 0.3) is 0 Å². The van der Waals surface area contributed by atoms with Gasteiger partial charge in [-0.05, 0) is 32.0 Å². The van der Waals surface area contributed by atoms with E-state index in [9.17, 15) is 4.79 Å². The van der Waals surface area contributed by atoms with Gasteiger partial charge in [-0.1, -0.05) is 20.3 Å². The van der Waals surface area contributed by atoms with E-state index in [1.54, 1.807) is 0 Å². The molecule has 1 aromatic heterocycles. The number of likely N-dealkylation sites (N-methyl/N-ethyl adjacent to an activating group) is 1. The Kier molecular flexibility index (Phi) is 4.29. The molecule has 1 aromatic rings. The van der Waals surface area contributed by atoms with Crippen LogP contribution in [0.1, 0.15) is 44.8 Å². The number of hydrogen-bond donors (Lipinski definition) is 0. The number of carbonyl (C=O) groups excluding carboxylic acids is 1. The molecular weight excluding hydrogens is 264 g/mol. The van der Waals surface area contributed by atoms with E-state index < -0.39 is 0 Å². The lowest BCUT2D eigenvalue weighted by Crippen LogP contribution is -2.48. The Hall–Kier alpha value is -1.36. The number of fused-ring (bicyclic) bond motifs is 1. The first-order valence-electron chi connectivity index (χ1n) is 8.26. The molecule has 0 saturated heterocycles. The molecule has 0 radical (unpaired) electrons. The van der Waals surface area contributed by atoms with Crippen LogP contribution in [0.5, 0.6) is 0 Å². The van der Waals surface area contributed by atoms with Crippen molar-refractivity contribution in [2.45, 2.75) is 45.7 Å².